The van der Waals surface area contributed by atoms with Gasteiger partial charge in [0.2, 0.25) is 15.9 Å². The summed E-state index contributed by atoms with van der Waals surface area (Å²) in [5.74, 6) is -0.373. The van der Waals surface area contributed by atoms with Crippen LogP contribution in [-0.2, 0) is 14.8 Å². The van der Waals surface area contributed by atoms with Crippen LogP contribution in [0.1, 0.15) is 36.0 Å². The molecule has 2 amide bonds. The zero-order valence-corrected chi connectivity index (χ0v) is 14.1. The van der Waals surface area contributed by atoms with Crippen molar-refractivity contribution in [2.75, 3.05) is 19.6 Å². The van der Waals surface area contributed by atoms with E-state index >= 15 is 0 Å². The zero-order valence-electron chi connectivity index (χ0n) is 13.3. The number of carbonyl (C=O) groups is 2. The number of hydrogen-bond acceptors (Lipinski definition) is 4. The SMILES string of the molecule is O=C1NCCC[C@H]1NS(=O)(=O)c1ccc(C(=O)N2CCCC2)cc1. The molecule has 24 heavy (non-hydrogen) atoms. The number of nitrogens with one attached hydrogen (secondary N) is 2. The first-order valence-corrected chi connectivity index (χ1v) is 9.65. The highest BCUT2D eigenvalue weighted by Crippen LogP contribution is 2.16. The molecule has 8 heteroatoms. The third kappa shape index (κ3) is 3.59. The third-order valence-electron chi connectivity index (χ3n) is 4.39. The predicted molar refractivity (Wildman–Crippen MR) is 87.9 cm³/mol. The van der Waals surface area contributed by atoms with Crippen LogP contribution in [0.15, 0.2) is 29.2 Å². The summed E-state index contributed by atoms with van der Waals surface area (Å²) >= 11 is 0. The molecule has 2 fully saturated rings. The molecule has 1 aromatic carbocycles. The summed E-state index contributed by atoms with van der Waals surface area (Å²) in [5.41, 5.74) is 0.478. The van der Waals surface area contributed by atoms with Crippen molar-refractivity contribution in [1.82, 2.24) is 14.9 Å². The molecule has 130 valence electrons. The Hall–Kier alpha value is -1.93. The molecule has 0 unspecified atom stereocenters. The Morgan fingerprint density at radius 3 is 2.42 bits per heavy atom. The van der Waals surface area contributed by atoms with Gasteiger partial charge in [-0.3, -0.25) is 9.59 Å². The fourth-order valence-corrected chi connectivity index (χ4v) is 4.25. The lowest BCUT2D eigenvalue weighted by Crippen LogP contribution is -2.50. The van der Waals surface area contributed by atoms with E-state index in [0.717, 1.165) is 32.4 Å². The van der Waals surface area contributed by atoms with Gasteiger partial charge in [-0.25, -0.2) is 8.42 Å². The average Bonchev–Trinajstić information content (AvgIpc) is 3.11. The molecular formula is C16H21N3O4S. The molecule has 0 aliphatic carbocycles. The molecule has 0 spiro atoms. The Labute approximate surface area is 141 Å². The molecule has 2 N–H and O–H groups in total. The lowest BCUT2D eigenvalue weighted by atomic mass is 10.1. The van der Waals surface area contributed by atoms with Gasteiger partial charge in [-0.1, -0.05) is 0 Å². The van der Waals surface area contributed by atoms with Crippen LogP contribution in [0.5, 0.6) is 0 Å². The van der Waals surface area contributed by atoms with Crippen LogP contribution in [0, 0.1) is 0 Å². The quantitative estimate of drug-likeness (QED) is 0.825. The van der Waals surface area contributed by atoms with E-state index in [0.29, 0.717) is 18.5 Å². The molecule has 2 aliphatic heterocycles. The number of carbonyl (C=O) groups excluding carboxylic acids is 2. The standard InChI is InChI=1S/C16H21N3O4S/c20-15-14(4-3-9-17-15)18-24(22,23)13-7-5-12(6-8-13)16(21)19-10-1-2-11-19/h5-8,14,18H,1-4,9-11H2,(H,17,20)/t14-/m1/s1. The Morgan fingerprint density at radius 2 is 1.79 bits per heavy atom. The van der Waals surface area contributed by atoms with Crippen molar-refractivity contribution in [2.24, 2.45) is 0 Å². The highest BCUT2D eigenvalue weighted by molar-refractivity contribution is 7.89. The van der Waals surface area contributed by atoms with E-state index in [2.05, 4.69) is 10.0 Å². The van der Waals surface area contributed by atoms with Crippen LogP contribution in [0.25, 0.3) is 0 Å². The fraction of sp³-hybridized carbons (Fsp3) is 0.500. The number of likely N-dealkylation sites (tertiary alicyclic amines) is 1. The van der Waals surface area contributed by atoms with Crippen molar-refractivity contribution in [3.05, 3.63) is 29.8 Å². The van der Waals surface area contributed by atoms with Crippen molar-refractivity contribution in [1.29, 1.82) is 0 Å². The minimum Gasteiger partial charge on any atom is -0.355 e. The Balaban J connectivity index is 1.71. The predicted octanol–water partition coefficient (Wildman–Crippen LogP) is 0.480. The van der Waals surface area contributed by atoms with E-state index in [4.69, 9.17) is 0 Å². The van der Waals surface area contributed by atoms with E-state index in [9.17, 15) is 18.0 Å². The maximum atomic E-state index is 12.4. The lowest BCUT2D eigenvalue weighted by Gasteiger charge is -2.22. The van der Waals surface area contributed by atoms with Crippen LogP contribution in [0.3, 0.4) is 0 Å². The van der Waals surface area contributed by atoms with Crippen LogP contribution >= 0.6 is 0 Å². The summed E-state index contributed by atoms with van der Waals surface area (Å²) in [7, 11) is -3.79. The van der Waals surface area contributed by atoms with Gasteiger partial charge in [0.1, 0.15) is 6.04 Å². The van der Waals surface area contributed by atoms with Crippen molar-refractivity contribution in [3.8, 4) is 0 Å². The minimum absolute atomic E-state index is 0.0545. The first-order valence-electron chi connectivity index (χ1n) is 8.17. The van der Waals surface area contributed by atoms with E-state index < -0.39 is 16.1 Å². The van der Waals surface area contributed by atoms with Crippen LogP contribution in [0.2, 0.25) is 0 Å². The van der Waals surface area contributed by atoms with E-state index in [1.54, 1.807) is 4.90 Å². The molecule has 2 aliphatic rings. The lowest BCUT2D eigenvalue weighted by molar-refractivity contribution is -0.124. The molecule has 1 atom stereocenters. The van der Waals surface area contributed by atoms with Gasteiger partial charge in [0.05, 0.1) is 4.90 Å². The summed E-state index contributed by atoms with van der Waals surface area (Å²) in [6, 6.07) is 5.13. The summed E-state index contributed by atoms with van der Waals surface area (Å²) in [5, 5.41) is 2.65. The normalized spacial score (nSPS) is 21.6. The Morgan fingerprint density at radius 1 is 1.12 bits per heavy atom. The molecule has 2 saturated heterocycles. The number of amides is 2. The second-order valence-electron chi connectivity index (χ2n) is 6.13. The molecule has 2 heterocycles. The third-order valence-corrected chi connectivity index (χ3v) is 5.88. The Kier molecular flexibility index (Phi) is 4.86. The van der Waals surface area contributed by atoms with Gasteiger partial charge >= 0.3 is 0 Å². The maximum absolute atomic E-state index is 12.4. The van der Waals surface area contributed by atoms with Crippen LogP contribution in [0.4, 0.5) is 0 Å². The molecule has 0 saturated carbocycles. The average molecular weight is 351 g/mol. The van der Waals surface area contributed by atoms with Crippen molar-refractivity contribution in [3.63, 3.8) is 0 Å². The smallest absolute Gasteiger partial charge is 0.253 e. The van der Waals surface area contributed by atoms with Gasteiger partial charge in [0.15, 0.2) is 0 Å². The van der Waals surface area contributed by atoms with Gasteiger partial charge in [0.25, 0.3) is 5.91 Å². The summed E-state index contributed by atoms with van der Waals surface area (Å²) in [6.07, 6.45) is 3.23. The zero-order chi connectivity index (χ0) is 17.2. The molecule has 7 nitrogen and oxygen atoms in total. The second-order valence-corrected chi connectivity index (χ2v) is 7.84. The van der Waals surface area contributed by atoms with E-state index in [1.807, 2.05) is 0 Å². The first kappa shape index (κ1) is 16.9. The van der Waals surface area contributed by atoms with Gasteiger partial charge < -0.3 is 10.2 Å². The topological polar surface area (TPSA) is 95.6 Å². The largest absolute Gasteiger partial charge is 0.355 e. The molecule has 3 rings (SSSR count). The summed E-state index contributed by atoms with van der Waals surface area (Å²) < 4.78 is 27.2. The maximum Gasteiger partial charge on any atom is 0.253 e. The Bertz CT molecular complexity index is 724. The van der Waals surface area contributed by atoms with E-state index in [1.165, 1.54) is 24.3 Å². The number of piperidine rings is 1. The van der Waals surface area contributed by atoms with Gasteiger partial charge in [-0.2, -0.15) is 4.72 Å². The number of nitrogens with zero attached hydrogens (tertiary/aromatic N) is 1. The summed E-state index contributed by atoms with van der Waals surface area (Å²) in [6.45, 7) is 2.07. The molecule has 1 aromatic rings. The number of benzene rings is 1. The molecule has 0 radical (unpaired) electrons. The molecule has 0 aromatic heterocycles. The monoisotopic (exact) mass is 351 g/mol. The first-order chi connectivity index (χ1) is 11.5. The highest BCUT2D eigenvalue weighted by Gasteiger charge is 2.28. The number of hydrogen-bond donors (Lipinski definition) is 2. The van der Waals surface area contributed by atoms with Crippen molar-refractivity contribution >= 4 is 21.8 Å². The summed E-state index contributed by atoms with van der Waals surface area (Å²) in [4.78, 5) is 25.8. The number of sulfonamides is 1. The van der Waals surface area contributed by atoms with Gasteiger partial charge in [-0.15, -0.1) is 0 Å². The second kappa shape index (κ2) is 6.90. The van der Waals surface area contributed by atoms with Gasteiger partial charge in [0, 0.05) is 25.2 Å². The van der Waals surface area contributed by atoms with Crippen molar-refractivity contribution < 1.29 is 18.0 Å². The minimum atomic E-state index is -3.79. The van der Waals surface area contributed by atoms with Gasteiger partial charge in [-0.05, 0) is 49.9 Å². The highest BCUT2D eigenvalue weighted by atomic mass is 32.2. The molecule has 0 bridgehead atoms. The van der Waals surface area contributed by atoms with E-state index in [-0.39, 0.29) is 16.7 Å². The van der Waals surface area contributed by atoms with Crippen LogP contribution < -0.4 is 10.0 Å². The number of rotatable bonds is 4. The van der Waals surface area contributed by atoms with Crippen LogP contribution in [-0.4, -0.2) is 50.8 Å². The molecular weight excluding hydrogens is 330 g/mol. The fourth-order valence-electron chi connectivity index (χ4n) is 3.02. The van der Waals surface area contributed by atoms with Crippen molar-refractivity contribution in [2.45, 2.75) is 36.6 Å².